The third-order valence-electron chi connectivity index (χ3n) is 2.81. The van der Waals surface area contributed by atoms with Crippen molar-refractivity contribution < 1.29 is 4.79 Å². The lowest BCUT2D eigenvalue weighted by molar-refractivity contribution is -0.122. The average Bonchev–Trinajstić information content (AvgIpc) is 2.90. The van der Waals surface area contributed by atoms with Crippen molar-refractivity contribution in [2.75, 3.05) is 0 Å². The number of aromatic nitrogens is 2. The Kier molecular flexibility index (Phi) is 6.21. The van der Waals surface area contributed by atoms with Crippen molar-refractivity contribution >= 4 is 18.3 Å². The number of carbonyl (C=O) groups is 1. The molecule has 6 heteroatoms. The lowest BCUT2D eigenvalue weighted by Gasteiger charge is -2.08. The van der Waals surface area contributed by atoms with Crippen LogP contribution in [0, 0.1) is 0 Å². The molecular formula is C14H19ClN4O. The molecule has 1 unspecified atom stereocenters. The zero-order valence-electron chi connectivity index (χ0n) is 11.3. The van der Waals surface area contributed by atoms with Crippen LogP contribution in [0.25, 0.3) is 0 Å². The highest BCUT2D eigenvalue weighted by Gasteiger charge is 2.06. The van der Waals surface area contributed by atoms with Crippen LogP contribution in [0.5, 0.6) is 0 Å². The minimum atomic E-state index is -0.473. The van der Waals surface area contributed by atoms with E-state index in [2.05, 4.69) is 10.4 Å². The van der Waals surface area contributed by atoms with Crippen LogP contribution in [-0.4, -0.2) is 21.7 Å². The van der Waals surface area contributed by atoms with Gasteiger partial charge in [-0.15, -0.1) is 12.4 Å². The third kappa shape index (κ3) is 4.68. The van der Waals surface area contributed by atoms with E-state index in [1.807, 2.05) is 41.2 Å². The minimum Gasteiger partial charge on any atom is -0.351 e. The monoisotopic (exact) mass is 294 g/mol. The minimum absolute atomic E-state index is 0. The number of hydrogen-bond donors (Lipinski definition) is 2. The van der Waals surface area contributed by atoms with E-state index in [1.165, 1.54) is 5.56 Å². The number of carbonyl (C=O) groups excluding carboxylic acids is 1. The predicted molar refractivity (Wildman–Crippen MR) is 80.5 cm³/mol. The van der Waals surface area contributed by atoms with Crippen LogP contribution in [-0.2, 0) is 17.9 Å². The van der Waals surface area contributed by atoms with Crippen molar-refractivity contribution in [1.29, 1.82) is 0 Å². The second-order valence-corrected chi connectivity index (χ2v) is 4.53. The van der Waals surface area contributed by atoms with Gasteiger partial charge in [0.2, 0.25) is 5.91 Å². The molecule has 1 aromatic heterocycles. The van der Waals surface area contributed by atoms with Crippen molar-refractivity contribution in [2.24, 2.45) is 5.73 Å². The quantitative estimate of drug-likeness (QED) is 0.873. The van der Waals surface area contributed by atoms with Crippen LogP contribution < -0.4 is 11.1 Å². The number of nitrogens with zero attached hydrogens (tertiary/aromatic N) is 2. The molecule has 20 heavy (non-hydrogen) atoms. The van der Waals surface area contributed by atoms with Gasteiger partial charge in [0.05, 0.1) is 12.6 Å². The Morgan fingerprint density at radius 3 is 2.55 bits per heavy atom. The highest BCUT2D eigenvalue weighted by Crippen LogP contribution is 2.06. The maximum atomic E-state index is 11.3. The second kappa shape index (κ2) is 7.67. The van der Waals surface area contributed by atoms with E-state index in [-0.39, 0.29) is 18.3 Å². The molecule has 0 aliphatic carbocycles. The summed E-state index contributed by atoms with van der Waals surface area (Å²) < 4.78 is 1.87. The lowest BCUT2D eigenvalue weighted by atomic mass is 10.1. The van der Waals surface area contributed by atoms with Gasteiger partial charge in [0.25, 0.3) is 0 Å². The molecular weight excluding hydrogens is 276 g/mol. The number of hydrogen-bond acceptors (Lipinski definition) is 3. The summed E-state index contributed by atoms with van der Waals surface area (Å²) in [6.45, 7) is 2.92. The number of halogens is 1. The molecule has 1 amide bonds. The Morgan fingerprint density at radius 2 is 2.00 bits per heavy atom. The highest BCUT2D eigenvalue weighted by molar-refractivity contribution is 5.85. The molecule has 0 fully saturated rings. The first kappa shape index (κ1) is 16.2. The topological polar surface area (TPSA) is 72.9 Å². The number of rotatable bonds is 5. The molecule has 3 N–H and O–H groups in total. The predicted octanol–water partition coefficient (Wildman–Crippen LogP) is 1.32. The fourth-order valence-corrected chi connectivity index (χ4v) is 1.69. The van der Waals surface area contributed by atoms with Gasteiger partial charge in [-0.1, -0.05) is 24.3 Å². The van der Waals surface area contributed by atoms with E-state index in [0.717, 1.165) is 12.1 Å². The molecule has 108 valence electrons. The van der Waals surface area contributed by atoms with E-state index >= 15 is 0 Å². The van der Waals surface area contributed by atoms with Crippen LogP contribution in [0.3, 0.4) is 0 Å². The first-order valence-corrected chi connectivity index (χ1v) is 6.23. The van der Waals surface area contributed by atoms with Gasteiger partial charge in [-0.3, -0.25) is 9.48 Å². The van der Waals surface area contributed by atoms with Crippen molar-refractivity contribution in [1.82, 2.24) is 15.1 Å². The molecule has 1 atom stereocenters. The van der Waals surface area contributed by atoms with Gasteiger partial charge in [0.15, 0.2) is 0 Å². The standard InChI is InChI=1S/C14H18N4O.ClH/c1-11(15)14(19)16-9-12-3-5-13(6-4-12)10-18-8-2-7-17-18;/h2-8,11H,9-10,15H2,1H3,(H,16,19);1H. The smallest absolute Gasteiger partial charge is 0.236 e. The second-order valence-electron chi connectivity index (χ2n) is 4.53. The molecule has 0 bridgehead atoms. The SMILES string of the molecule is CC(N)C(=O)NCc1ccc(Cn2cccn2)cc1.Cl. The summed E-state index contributed by atoms with van der Waals surface area (Å²) in [6, 6.07) is 9.50. The van der Waals surface area contributed by atoms with Gasteiger partial charge >= 0.3 is 0 Å². The van der Waals surface area contributed by atoms with Crippen LogP contribution in [0.4, 0.5) is 0 Å². The fourth-order valence-electron chi connectivity index (χ4n) is 1.69. The summed E-state index contributed by atoms with van der Waals surface area (Å²) in [6.07, 6.45) is 3.69. The van der Waals surface area contributed by atoms with Crippen molar-refractivity contribution in [3.8, 4) is 0 Å². The maximum Gasteiger partial charge on any atom is 0.236 e. The molecule has 0 saturated carbocycles. The molecule has 1 aromatic carbocycles. The summed E-state index contributed by atoms with van der Waals surface area (Å²) in [7, 11) is 0. The van der Waals surface area contributed by atoms with Crippen LogP contribution in [0.2, 0.25) is 0 Å². The Balaban J connectivity index is 0.00000200. The van der Waals surface area contributed by atoms with Crippen molar-refractivity contribution in [3.05, 3.63) is 53.9 Å². The van der Waals surface area contributed by atoms with Gasteiger partial charge < -0.3 is 11.1 Å². The zero-order chi connectivity index (χ0) is 13.7. The van der Waals surface area contributed by atoms with Gasteiger partial charge in [-0.25, -0.2) is 0 Å². The lowest BCUT2D eigenvalue weighted by Crippen LogP contribution is -2.37. The van der Waals surface area contributed by atoms with E-state index in [4.69, 9.17) is 5.73 Å². The molecule has 0 aliphatic rings. The van der Waals surface area contributed by atoms with Gasteiger partial charge in [0.1, 0.15) is 0 Å². The Morgan fingerprint density at radius 1 is 1.35 bits per heavy atom. The van der Waals surface area contributed by atoms with Crippen LogP contribution in [0.15, 0.2) is 42.7 Å². The largest absolute Gasteiger partial charge is 0.351 e. The average molecular weight is 295 g/mol. The van der Waals surface area contributed by atoms with E-state index in [0.29, 0.717) is 6.54 Å². The van der Waals surface area contributed by atoms with Crippen molar-refractivity contribution in [3.63, 3.8) is 0 Å². The molecule has 0 aliphatic heterocycles. The Hall–Kier alpha value is -1.85. The summed E-state index contributed by atoms with van der Waals surface area (Å²) in [5.41, 5.74) is 7.70. The zero-order valence-corrected chi connectivity index (χ0v) is 12.1. The molecule has 2 aromatic rings. The molecule has 0 radical (unpaired) electrons. The summed E-state index contributed by atoms with van der Waals surface area (Å²) >= 11 is 0. The molecule has 5 nitrogen and oxygen atoms in total. The van der Waals surface area contributed by atoms with E-state index < -0.39 is 6.04 Å². The van der Waals surface area contributed by atoms with E-state index in [9.17, 15) is 4.79 Å². The molecule has 0 spiro atoms. The Labute approximate surface area is 124 Å². The molecule has 2 rings (SSSR count). The number of nitrogens with two attached hydrogens (primary N) is 1. The summed E-state index contributed by atoms with van der Waals surface area (Å²) in [5, 5.41) is 6.94. The highest BCUT2D eigenvalue weighted by atomic mass is 35.5. The number of amides is 1. The normalized spacial score (nSPS) is 11.5. The third-order valence-corrected chi connectivity index (χ3v) is 2.81. The summed E-state index contributed by atoms with van der Waals surface area (Å²) in [4.78, 5) is 11.3. The van der Waals surface area contributed by atoms with Gasteiger partial charge in [-0.2, -0.15) is 5.10 Å². The Bertz CT molecular complexity index is 523. The van der Waals surface area contributed by atoms with E-state index in [1.54, 1.807) is 13.1 Å². The van der Waals surface area contributed by atoms with Crippen LogP contribution >= 0.6 is 12.4 Å². The van der Waals surface area contributed by atoms with Gasteiger partial charge in [0, 0.05) is 18.9 Å². The fraction of sp³-hybridized carbons (Fsp3) is 0.286. The van der Waals surface area contributed by atoms with Gasteiger partial charge in [-0.05, 0) is 24.1 Å². The van der Waals surface area contributed by atoms with Crippen LogP contribution in [0.1, 0.15) is 18.1 Å². The number of benzene rings is 1. The summed E-state index contributed by atoms with van der Waals surface area (Å²) in [5.74, 6) is -0.138. The molecule has 1 heterocycles. The van der Waals surface area contributed by atoms with Crippen molar-refractivity contribution in [2.45, 2.75) is 26.1 Å². The maximum absolute atomic E-state index is 11.3. The molecule has 0 saturated heterocycles. The number of nitrogens with one attached hydrogen (secondary N) is 1. The first-order valence-electron chi connectivity index (χ1n) is 6.23. The first-order chi connectivity index (χ1) is 9.15.